The minimum Gasteiger partial charge on any atom is -0.369 e. The highest BCUT2D eigenvalue weighted by atomic mass is 16.1. The summed E-state index contributed by atoms with van der Waals surface area (Å²) in [4.78, 5) is 13.1. The first-order valence-corrected chi connectivity index (χ1v) is 5.52. The third kappa shape index (κ3) is 1.84. The summed E-state index contributed by atoms with van der Waals surface area (Å²) in [5, 5.41) is 13.4. The largest absolute Gasteiger partial charge is 0.369 e. The maximum Gasteiger partial charge on any atom is 0.222 e. The molecule has 0 spiro atoms. The molecule has 0 saturated carbocycles. The Kier molecular flexibility index (Phi) is 2.76. The highest BCUT2D eigenvalue weighted by Gasteiger charge is 2.30. The number of amides is 1. The molecule has 0 bridgehead atoms. The van der Waals surface area contributed by atoms with Crippen LogP contribution in [0.3, 0.4) is 0 Å². The van der Waals surface area contributed by atoms with Crippen molar-refractivity contribution in [3.8, 4) is 6.07 Å². The molecule has 90 valence electrons. The number of anilines is 1. The van der Waals surface area contributed by atoms with Gasteiger partial charge in [0.15, 0.2) is 0 Å². The van der Waals surface area contributed by atoms with Crippen LogP contribution in [-0.2, 0) is 11.8 Å². The molecule has 17 heavy (non-hydrogen) atoms. The lowest BCUT2D eigenvalue weighted by molar-refractivity contribution is -0.121. The zero-order chi connectivity index (χ0) is 12.6. The normalized spacial score (nSPS) is 19.4. The highest BCUT2D eigenvalue weighted by molar-refractivity contribution is 5.78. The van der Waals surface area contributed by atoms with E-state index < -0.39 is 0 Å². The fourth-order valence-electron chi connectivity index (χ4n) is 2.32. The summed E-state index contributed by atoms with van der Waals surface area (Å²) < 4.78 is 1.69. The standard InChI is InChI=1S/C11H15N5O/c1-7-9(5-12)11(15(2)14-7)16-4-3-8(6-16)10(13)17/h8H,3-4,6H2,1-2H3,(H2,13,17). The van der Waals surface area contributed by atoms with Gasteiger partial charge in [-0.25, -0.2) is 0 Å². The van der Waals surface area contributed by atoms with Gasteiger partial charge in [-0.05, 0) is 13.3 Å². The van der Waals surface area contributed by atoms with Crippen molar-refractivity contribution in [2.45, 2.75) is 13.3 Å². The highest BCUT2D eigenvalue weighted by Crippen LogP contribution is 2.27. The summed E-state index contributed by atoms with van der Waals surface area (Å²) in [6, 6.07) is 2.16. The quantitative estimate of drug-likeness (QED) is 0.773. The van der Waals surface area contributed by atoms with Gasteiger partial charge in [0.2, 0.25) is 5.91 Å². The van der Waals surface area contributed by atoms with Gasteiger partial charge in [-0.3, -0.25) is 9.48 Å². The lowest BCUT2D eigenvalue weighted by atomic mass is 10.1. The first-order chi connectivity index (χ1) is 8.04. The monoisotopic (exact) mass is 233 g/mol. The Morgan fingerprint density at radius 2 is 2.35 bits per heavy atom. The number of hydrogen-bond donors (Lipinski definition) is 1. The third-order valence-electron chi connectivity index (χ3n) is 3.19. The van der Waals surface area contributed by atoms with Crippen LogP contribution < -0.4 is 10.6 Å². The molecular weight excluding hydrogens is 218 g/mol. The number of nitrogens with two attached hydrogens (primary N) is 1. The predicted molar refractivity (Wildman–Crippen MR) is 62.2 cm³/mol. The Labute approximate surface area is 99.6 Å². The molecule has 0 radical (unpaired) electrons. The van der Waals surface area contributed by atoms with Gasteiger partial charge in [0, 0.05) is 20.1 Å². The number of aryl methyl sites for hydroxylation is 2. The van der Waals surface area contributed by atoms with Gasteiger partial charge in [-0.1, -0.05) is 0 Å². The molecule has 0 aromatic carbocycles. The molecule has 1 aromatic heterocycles. The minimum absolute atomic E-state index is 0.128. The van der Waals surface area contributed by atoms with Gasteiger partial charge in [-0.2, -0.15) is 10.4 Å². The van der Waals surface area contributed by atoms with Crippen molar-refractivity contribution in [1.82, 2.24) is 9.78 Å². The topological polar surface area (TPSA) is 87.9 Å². The van der Waals surface area contributed by atoms with Crippen molar-refractivity contribution >= 4 is 11.7 Å². The maximum atomic E-state index is 11.1. The average Bonchev–Trinajstić information content (AvgIpc) is 2.82. The molecule has 1 aliphatic heterocycles. The Morgan fingerprint density at radius 1 is 1.65 bits per heavy atom. The zero-order valence-electron chi connectivity index (χ0n) is 9.97. The van der Waals surface area contributed by atoms with E-state index in [1.807, 2.05) is 11.8 Å². The molecule has 1 amide bonds. The van der Waals surface area contributed by atoms with Crippen LogP contribution in [0.5, 0.6) is 0 Å². The van der Waals surface area contributed by atoms with E-state index in [0.29, 0.717) is 17.8 Å². The zero-order valence-corrected chi connectivity index (χ0v) is 9.97. The Bertz CT molecular complexity index is 499. The van der Waals surface area contributed by atoms with E-state index >= 15 is 0 Å². The summed E-state index contributed by atoms with van der Waals surface area (Å²) >= 11 is 0. The summed E-state index contributed by atoms with van der Waals surface area (Å²) in [5.41, 5.74) is 6.60. The minimum atomic E-state index is -0.273. The summed E-state index contributed by atoms with van der Waals surface area (Å²) in [6.07, 6.45) is 0.741. The van der Waals surface area contributed by atoms with Crippen LogP contribution in [-0.4, -0.2) is 28.8 Å². The maximum absolute atomic E-state index is 11.1. The van der Waals surface area contributed by atoms with E-state index in [4.69, 9.17) is 11.0 Å². The summed E-state index contributed by atoms with van der Waals surface area (Å²) in [6.45, 7) is 3.12. The van der Waals surface area contributed by atoms with E-state index in [2.05, 4.69) is 11.2 Å². The van der Waals surface area contributed by atoms with Crippen LogP contribution in [0.4, 0.5) is 5.82 Å². The number of carbonyl (C=O) groups is 1. The smallest absolute Gasteiger partial charge is 0.222 e. The van der Waals surface area contributed by atoms with Crippen molar-refractivity contribution in [1.29, 1.82) is 5.26 Å². The Hall–Kier alpha value is -2.03. The SMILES string of the molecule is Cc1nn(C)c(N2CCC(C(N)=O)C2)c1C#N. The van der Waals surface area contributed by atoms with Crippen LogP contribution in [0.15, 0.2) is 0 Å². The van der Waals surface area contributed by atoms with Gasteiger partial charge in [0.05, 0.1) is 11.6 Å². The fraction of sp³-hybridized carbons (Fsp3) is 0.545. The lowest BCUT2D eigenvalue weighted by Gasteiger charge is -2.18. The molecule has 2 heterocycles. The Morgan fingerprint density at radius 3 is 2.88 bits per heavy atom. The first kappa shape index (κ1) is 11.5. The number of nitriles is 1. The van der Waals surface area contributed by atoms with Crippen molar-refractivity contribution in [2.24, 2.45) is 18.7 Å². The van der Waals surface area contributed by atoms with Gasteiger partial charge in [0.1, 0.15) is 17.5 Å². The molecule has 1 fully saturated rings. The molecule has 1 atom stereocenters. The van der Waals surface area contributed by atoms with Gasteiger partial charge >= 0.3 is 0 Å². The van der Waals surface area contributed by atoms with E-state index in [0.717, 1.165) is 18.8 Å². The first-order valence-electron chi connectivity index (χ1n) is 5.52. The second-order valence-electron chi connectivity index (χ2n) is 4.35. The molecule has 6 nitrogen and oxygen atoms in total. The van der Waals surface area contributed by atoms with Crippen molar-refractivity contribution in [3.63, 3.8) is 0 Å². The average molecular weight is 233 g/mol. The lowest BCUT2D eigenvalue weighted by Crippen LogP contribution is -2.28. The second kappa shape index (κ2) is 4.09. The molecule has 2 N–H and O–H groups in total. The van der Waals surface area contributed by atoms with Crippen molar-refractivity contribution in [3.05, 3.63) is 11.3 Å². The molecule has 6 heteroatoms. The number of carbonyl (C=O) groups excluding carboxylic acids is 1. The fourth-order valence-corrected chi connectivity index (χ4v) is 2.32. The van der Waals surface area contributed by atoms with Crippen LogP contribution >= 0.6 is 0 Å². The molecule has 0 aliphatic carbocycles. The summed E-state index contributed by atoms with van der Waals surface area (Å²) in [5.74, 6) is 0.385. The molecule has 1 unspecified atom stereocenters. The number of aromatic nitrogens is 2. The van der Waals surface area contributed by atoms with Gasteiger partial charge in [-0.15, -0.1) is 0 Å². The van der Waals surface area contributed by atoms with E-state index in [-0.39, 0.29) is 11.8 Å². The molecule has 2 rings (SSSR count). The van der Waals surface area contributed by atoms with Crippen LogP contribution in [0.2, 0.25) is 0 Å². The van der Waals surface area contributed by atoms with Gasteiger partial charge in [0.25, 0.3) is 0 Å². The number of primary amides is 1. The van der Waals surface area contributed by atoms with Crippen LogP contribution in [0.1, 0.15) is 17.7 Å². The van der Waals surface area contributed by atoms with Gasteiger partial charge < -0.3 is 10.6 Å². The van der Waals surface area contributed by atoms with E-state index in [1.165, 1.54) is 0 Å². The second-order valence-corrected chi connectivity index (χ2v) is 4.35. The van der Waals surface area contributed by atoms with E-state index in [9.17, 15) is 4.79 Å². The molecule has 1 aromatic rings. The summed E-state index contributed by atoms with van der Waals surface area (Å²) in [7, 11) is 1.81. The van der Waals surface area contributed by atoms with Crippen LogP contribution in [0, 0.1) is 24.2 Å². The van der Waals surface area contributed by atoms with Crippen molar-refractivity contribution < 1.29 is 4.79 Å². The Balaban J connectivity index is 2.31. The van der Waals surface area contributed by atoms with Crippen molar-refractivity contribution in [2.75, 3.05) is 18.0 Å². The molecular formula is C11H15N5O. The number of nitrogens with zero attached hydrogens (tertiary/aromatic N) is 4. The number of hydrogen-bond acceptors (Lipinski definition) is 4. The molecule has 1 aliphatic rings. The number of rotatable bonds is 2. The van der Waals surface area contributed by atoms with Crippen LogP contribution in [0.25, 0.3) is 0 Å². The van der Waals surface area contributed by atoms with E-state index in [1.54, 1.807) is 11.7 Å². The third-order valence-corrected chi connectivity index (χ3v) is 3.19. The molecule has 1 saturated heterocycles. The predicted octanol–water partition coefficient (Wildman–Crippen LogP) is -0.0882.